The highest BCUT2D eigenvalue weighted by Crippen LogP contribution is 2.07. The predicted molar refractivity (Wildman–Crippen MR) is 38.6 cm³/mol. The molecule has 11 heavy (non-hydrogen) atoms. The summed E-state index contributed by atoms with van der Waals surface area (Å²) in [7, 11) is 0. The molecule has 0 unspecified atom stereocenters. The van der Waals surface area contributed by atoms with E-state index in [0.29, 0.717) is 0 Å². The third-order valence-corrected chi connectivity index (χ3v) is 1.27. The van der Waals surface area contributed by atoms with Gasteiger partial charge in [-0.3, -0.25) is 0 Å². The zero-order valence-electron chi connectivity index (χ0n) is 5.81. The van der Waals surface area contributed by atoms with Crippen LogP contribution in [0.1, 0.15) is 11.9 Å². The maximum atomic E-state index is 9.14. The third kappa shape index (κ3) is 1.23. The van der Waals surface area contributed by atoms with Gasteiger partial charge in [0.15, 0.2) is 5.82 Å². The monoisotopic (exact) mass is 158 g/mol. The summed E-state index contributed by atoms with van der Waals surface area (Å²) in [6, 6.07) is 0. The maximum Gasteiger partial charge on any atom is 0.240 e. The number of anilines is 1. The number of aliphatic hydroxyl groups excluding tert-OH is 1. The van der Waals surface area contributed by atoms with E-state index in [1.807, 2.05) is 0 Å². The van der Waals surface area contributed by atoms with Crippen LogP contribution in [-0.4, -0.2) is 26.5 Å². The molecule has 1 atom stereocenters. The Hall–Kier alpha value is -1.34. The lowest BCUT2D eigenvalue weighted by Gasteiger charge is -2.05. The van der Waals surface area contributed by atoms with Crippen LogP contribution in [0.25, 0.3) is 0 Å². The largest absolute Gasteiger partial charge is 0.384 e. The number of nitrogens with two attached hydrogens (primary N) is 3. The van der Waals surface area contributed by atoms with E-state index in [4.69, 9.17) is 22.4 Å². The lowest BCUT2D eigenvalue weighted by molar-refractivity contribution is 0.173. The molecule has 7 heteroatoms. The van der Waals surface area contributed by atoms with Gasteiger partial charge in [-0.2, -0.15) is 0 Å². The van der Waals surface area contributed by atoms with E-state index in [1.165, 1.54) is 0 Å². The topological polar surface area (TPSA) is 129 Å². The first-order valence-corrected chi connectivity index (χ1v) is 3.00. The van der Waals surface area contributed by atoms with Crippen LogP contribution in [0.3, 0.4) is 0 Å². The van der Waals surface area contributed by atoms with Gasteiger partial charge in [0.05, 0.1) is 0 Å². The van der Waals surface area contributed by atoms with Gasteiger partial charge in [0, 0.05) is 6.54 Å². The van der Waals surface area contributed by atoms with E-state index in [2.05, 4.69) is 10.2 Å². The Balaban J connectivity index is 2.94. The van der Waals surface area contributed by atoms with Crippen LogP contribution >= 0.6 is 0 Å². The average molecular weight is 158 g/mol. The second-order valence-corrected chi connectivity index (χ2v) is 2.04. The normalized spacial score (nSPS) is 13.3. The van der Waals surface area contributed by atoms with Crippen LogP contribution in [0.5, 0.6) is 0 Å². The van der Waals surface area contributed by atoms with Gasteiger partial charge in [-0.05, 0) is 0 Å². The number of rotatable bonds is 2. The Labute approximate surface area is 62.8 Å². The molecule has 1 heterocycles. The van der Waals surface area contributed by atoms with Crippen molar-refractivity contribution in [2.24, 2.45) is 5.73 Å². The van der Waals surface area contributed by atoms with Crippen LogP contribution in [-0.2, 0) is 0 Å². The van der Waals surface area contributed by atoms with Gasteiger partial charge in [0.25, 0.3) is 0 Å². The summed E-state index contributed by atoms with van der Waals surface area (Å²) in [5.74, 6) is 5.55. The van der Waals surface area contributed by atoms with Gasteiger partial charge in [0.1, 0.15) is 6.10 Å². The van der Waals surface area contributed by atoms with Gasteiger partial charge in [-0.25, -0.2) is 4.68 Å². The fraction of sp³-hybridized carbons (Fsp3) is 0.500. The molecule has 0 aliphatic heterocycles. The number of nitrogen functional groups attached to an aromatic ring is 2. The number of aliphatic hydroxyl groups is 1. The first kappa shape index (κ1) is 7.76. The van der Waals surface area contributed by atoms with Gasteiger partial charge in [0.2, 0.25) is 5.95 Å². The highest BCUT2D eigenvalue weighted by atomic mass is 16.3. The Morgan fingerprint density at radius 2 is 2.18 bits per heavy atom. The number of hydrogen-bond acceptors (Lipinski definition) is 6. The molecule has 1 aromatic rings. The average Bonchev–Trinajstić information content (AvgIpc) is 2.32. The minimum atomic E-state index is -0.912. The lowest BCUT2D eigenvalue weighted by Crippen LogP contribution is -2.22. The van der Waals surface area contributed by atoms with Crippen molar-refractivity contribution in [2.45, 2.75) is 6.10 Å². The Kier molecular flexibility index (Phi) is 1.92. The molecule has 62 valence electrons. The standard InChI is InChI=1S/C4H10N6O/c5-1-2(11)3-8-9-4(6)10(3)7/h2,11H,1,5,7H2,(H2,6,9)/t2-/m0/s1. The van der Waals surface area contributed by atoms with Crippen molar-refractivity contribution in [3.63, 3.8) is 0 Å². The molecule has 0 saturated heterocycles. The van der Waals surface area contributed by atoms with Crippen LogP contribution in [0, 0.1) is 0 Å². The van der Waals surface area contributed by atoms with E-state index in [1.54, 1.807) is 0 Å². The van der Waals surface area contributed by atoms with Gasteiger partial charge >= 0.3 is 0 Å². The molecular weight excluding hydrogens is 148 g/mol. The predicted octanol–water partition coefficient (Wildman–Crippen LogP) is -2.43. The summed E-state index contributed by atoms with van der Waals surface area (Å²) in [5, 5.41) is 16.1. The molecule has 1 aromatic heterocycles. The number of hydrogen-bond donors (Lipinski definition) is 4. The molecule has 0 radical (unpaired) electrons. The SMILES string of the molecule is NC[C@H](O)c1nnc(N)n1N. The van der Waals surface area contributed by atoms with Crippen molar-refractivity contribution in [1.29, 1.82) is 0 Å². The smallest absolute Gasteiger partial charge is 0.240 e. The van der Waals surface area contributed by atoms with Crippen molar-refractivity contribution in [1.82, 2.24) is 14.9 Å². The molecule has 0 saturated carbocycles. The summed E-state index contributed by atoms with van der Waals surface area (Å²) in [6.07, 6.45) is -0.912. The maximum absolute atomic E-state index is 9.14. The zero-order chi connectivity index (χ0) is 8.43. The first-order chi connectivity index (χ1) is 5.16. The lowest BCUT2D eigenvalue weighted by atomic mass is 10.3. The van der Waals surface area contributed by atoms with Crippen molar-refractivity contribution >= 4 is 5.95 Å². The Morgan fingerprint density at radius 1 is 1.55 bits per heavy atom. The van der Waals surface area contributed by atoms with Crippen LogP contribution in [0.4, 0.5) is 5.95 Å². The number of aromatic nitrogens is 3. The summed E-state index contributed by atoms with van der Waals surface area (Å²) in [5.41, 5.74) is 10.4. The van der Waals surface area contributed by atoms with E-state index < -0.39 is 6.10 Å². The minimum Gasteiger partial charge on any atom is -0.384 e. The molecule has 0 aromatic carbocycles. The summed E-state index contributed by atoms with van der Waals surface area (Å²) >= 11 is 0. The van der Waals surface area contributed by atoms with Crippen LogP contribution < -0.4 is 17.3 Å². The first-order valence-electron chi connectivity index (χ1n) is 3.00. The highest BCUT2D eigenvalue weighted by molar-refractivity contribution is 5.18. The van der Waals surface area contributed by atoms with E-state index in [9.17, 15) is 0 Å². The molecule has 0 aliphatic carbocycles. The van der Waals surface area contributed by atoms with Crippen molar-refractivity contribution < 1.29 is 5.11 Å². The molecule has 0 aliphatic rings. The fourth-order valence-corrected chi connectivity index (χ4v) is 0.649. The molecule has 0 amide bonds. The molecule has 1 rings (SSSR count). The fourth-order valence-electron chi connectivity index (χ4n) is 0.649. The molecule has 7 N–H and O–H groups in total. The van der Waals surface area contributed by atoms with Crippen LogP contribution in [0.2, 0.25) is 0 Å². The van der Waals surface area contributed by atoms with Gasteiger partial charge < -0.3 is 22.4 Å². The highest BCUT2D eigenvalue weighted by Gasteiger charge is 2.13. The second kappa shape index (κ2) is 2.72. The number of nitrogens with zero attached hydrogens (tertiary/aromatic N) is 3. The van der Waals surface area contributed by atoms with Crippen LogP contribution in [0.15, 0.2) is 0 Å². The molecule has 0 fully saturated rings. The molecule has 0 bridgehead atoms. The Morgan fingerprint density at radius 3 is 2.55 bits per heavy atom. The van der Waals surface area contributed by atoms with E-state index >= 15 is 0 Å². The zero-order valence-corrected chi connectivity index (χ0v) is 5.81. The quantitative estimate of drug-likeness (QED) is 0.354. The molecular formula is C4H10N6O. The van der Waals surface area contributed by atoms with Crippen molar-refractivity contribution in [2.75, 3.05) is 18.1 Å². The van der Waals surface area contributed by atoms with E-state index in [0.717, 1.165) is 4.68 Å². The minimum absolute atomic E-state index is 0.0370. The van der Waals surface area contributed by atoms with Gasteiger partial charge in [-0.1, -0.05) is 0 Å². The Bertz CT molecular complexity index is 245. The summed E-state index contributed by atoms with van der Waals surface area (Å²) in [4.78, 5) is 0. The van der Waals surface area contributed by atoms with Gasteiger partial charge in [-0.15, -0.1) is 10.2 Å². The van der Waals surface area contributed by atoms with E-state index in [-0.39, 0.29) is 18.3 Å². The van der Waals surface area contributed by atoms with Crippen molar-refractivity contribution in [3.8, 4) is 0 Å². The molecule has 7 nitrogen and oxygen atoms in total. The summed E-state index contributed by atoms with van der Waals surface area (Å²) < 4.78 is 0.998. The second-order valence-electron chi connectivity index (χ2n) is 2.04. The van der Waals surface area contributed by atoms with Crippen molar-refractivity contribution in [3.05, 3.63) is 5.82 Å². The molecule has 0 spiro atoms. The summed E-state index contributed by atoms with van der Waals surface area (Å²) in [6.45, 7) is 0.0370. The third-order valence-electron chi connectivity index (χ3n) is 1.27.